The molecule has 0 rings (SSSR count). The Balaban J connectivity index is 3.60. The average Bonchev–Trinajstić information content (AvgIpc) is 3.22. The first-order valence-electron chi connectivity index (χ1n) is 25.4. The van der Waals surface area contributed by atoms with Gasteiger partial charge in [0, 0.05) is 6.42 Å². The Kier molecular flexibility index (Phi) is 47.3. The molecule has 0 aliphatic rings. The quantitative estimate of drug-likeness (QED) is 0.0424. The van der Waals surface area contributed by atoms with Gasteiger partial charge in [0.15, 0.2) is 0 Å². The Morgan fingerprint density at radius 2 is 0.684 bits per heavy atom. The van der Waals surface area contributed by atoms with Gasteiger partial charge < -0.3 is 15.5 Å². The fraction of sp³-hybridized carbons (Fsp3) is 0.830. The van der Waals surface area contributed by atoms with Crippen molar-refractivity contribution in [1.82, 2.24) is 5.32 Å². The molecule has 0 aliphatic carbocycles. The summed E-state index contributed by atoms with van der Waals surface area (Å²) in [7, 11) is 0. The summed E-state index contributed by atoms with van der Waals surface area (Å²) in [5.41, 5.74) is 0. The van der Waals surface area contributed by atoms with Crippen LogP contribution in [0.5, 0.6) is 0 Å². The summed E-state index contributed by atoms with van der Waals surface area (Å²) in [6, 6.07) is -0.647. The van der Waals surface area contributed by atoms with Gasteiger partial charge in [0.25, 0.3) is 0 Å². The highest BCUT2D eigenvalue weighted by Gasteiger charge is 2.17. The second-order valence-corrected chi connectivity index (χ2v) is 17.2. The van der Waals surface area contributed by atoms with Crippen LogP contribution in [0.3, 0.4) is 0 Å². The van der Waals surface area contributed by atoms with Crippen LogP contribution >= 0.6 is 0 Å². The smallest absolute Gasteiger partial charge is 0.220 e. The number of unbranched alkanes of at least 4 members (excludes halogenated alkanes) is 33. The van der Waals surface area contributed by atoms with E-state index in [1.165, 1.54) is 205 Å². The number of aliphatic hydroxyl groups is 2. The molecule has 334 valence electrons. The zero-order chi connectivity index (χ0) is 41.4. The van der Waals surface area contributed by atoms with E-state index in [1.54, 1.807) is 6.08 Å². The maximum atomic E-state index is 12.4. The van der Waals surface area contributed by atoms with Crippen LogP contribution in [-0.4, -0.2) is 34.9 Å². The Hall–Kier alpha value is -1.65. The Morgan fingerprint density at radius 3 is 1.02 bits per heavy atom. The molecule has 0 aliphatic heterocycles. The van der Waals surface area contributed by atoms with E-state index in [2.05, 4.69) is 55.6 Å². The molecule has 0 spiro atoms. The van der Waals surface area contributed by atoms with Gasteiger partial charge in [-0.25, -0.2) is 0 Å². The highest BCUT2D eigenvalue weighted by Crippen LogP contribution is 2.15. The molecule has 0 radical (unpaired) electrons. The third kappa shape index (κ3) is 45.3. The predicted molar refractivity (Wildman–Crippen MR) is 253 cm³/mol. The lowest BCUT2D eigenvalue weighted by Crippen LogP contribution is -2.45. The number of carbonyl (C=O) groups excluding carboxylic acids is 1. The van der Waals surface area contributed by atoms with Crippen molar-refractivity contribution >= 4 is 5.91 Å². The summed E-state index contributed by atoms with van der Waals surface area (Å²) in [4.78, 5) is 12.4. The van der Waals surface area contributed by atoms with E-state index >= 15 is 0 Å². The summed E-state index contributed by atoms with van der Waals surface area (Å²) in [6.45, 7) is 4.31. The van der Waals surface area contributed by atoms with Crippen LogP contribution in [0.4, 0.5) is 0 Å². The van der Waals surface area contributed by atoms with Crippen LogP contribution in [0.2, 0.25) is 0 Å². The first-order chi connectivity index (χ1) is 28.2. The van der Waals surface area contributed by atoms with E-state index in [0.717, 1.165) is 38.5 Å². The molecule has 2 atom stereocenters. The zero-order valence-electron chi connectivity index (χ0n) is 38.4. The summed E-state index contributed by atoms with van der Waals surface area (Å²) < 4.78 is 0. The largest absolute Gasteiger partial charge is 0.394 e. The van der Waals surface area contributed by atoms with Gasteiger partial charge >= 0.3 is 0 Å². The van der Waals surface area contributed by atoms with Gasteiger partial charge in [-0.05, 0) is 70.6 Å². The van der Waals surface area contributed by atoms with Crippen molar-refractivity contribution in [2.75, 3.05) is 6.61 Å². The molecule has 4 heteroatoms. The molecule has 2 unspecified atom stereocenters. The van der Waals surface area contributed by atoms with E-state index in [9.17, 15) is 15.0 Å². The minimum absolute atomic E-state index is 0.0788. The lowest BCUT2D eigenvalue weighted by atomic mass is 10.0. The highest BCUT2D eigenvalue weighted by molar-refractivity contribution is 5.76. The molecule has 0 saturated carbocycles. The zero-order valence-corrected chi connectivity index (χ0v) is 38.4. The maximum Gasteiger partial charge on any atom is 0.220 e. The van der Waals surface area contributed by atoms with Gasteiger partial charge in [0.2, 0.25) is 5.91 Å². The first-order valence-corrected chi connectivity index (χ1v) is 25.4. The van der Waals surface area contributed by atoms with Crippen LogP contribution in [0, 0.1) is 0 Å². The van der Waals surface area contributed by atoms with Gasteiger partial charge in [-0.3, -0.25) is 4.79 Å². The van der Waals surface area contributed by atoms with Gasteiger partial charge in [-0.2, -0.15) is 0 Å². The molecule has 0 aromatic rings. The Morgan fingerprint density at radius 1 is 0.404 bits per heavy atom. The number of hydrogen-bond acceptors (Lipinski definition) is 3. The topological polar surface area (TPSA) is 69.6 Å². The normalized spacial score (nSPS) is 13.3. The SMILES string of the molecule is CCCCCCCCCC/C=C\CCCCCCCCCCCC(=O)NC(CO)C(O)/C=C/CC/C=C/CC/C=C/CCCCCCCCCCCCCCCC. The third-order valence-corrected chi connectivity index (χ3v) is 11.5. The van der Waals surface area contributed by atoms with Crippen LogP contribution in [0.25, 0.3) is 0 Å². The maximum absolute atomic E-state index is 12.4. The number of amides is 1. The number of carbonyl (C=O) groups is 1. The Bertz CT molecular complexity index is 908. The molecule has 3 N–H and O–H groups in total. The number of hydrogen-bond donors (Lipinski definition) is 3. The summed E-state index contributed by atoms with van der Waals surface area (Å²) >= 11 is 0. The molecular weight excluding hydrogens is 699 g/mol. The molecular formula is C53H99NO3. The van der Waals surface area contributed by atoms with Crippen molar-refractivity contribution in [3.05, 3.63) is 48.6 Å². The highest BCUT2D eigenvalue weighted by atomic mass is 16.3. The second kappa shape index (κ2) is 48.7. The second-order valence-electron chi connectivity index (χ2n) is 17.2. The molecule has 57 heavy (non-hydrogen) atoms. The molecule has 1 amide bonds. The standard InChI is InChI=1S/C53H99NO3/c1-3-5-7-9-11-13-15-17-19-21-23-25-26-27-29-30-32-34-36-38-40-42-44-46-48-52(56)51(50-55)54-53(57)49-47-45-43-41-39-37-35-33-31-28-24-22-20-18-16-14-12-10-8-6-4-2/h22,24,30,32,38,40,46,48,51-52,55-56H,3-21,23,25-29,31,33-37,39,41-45,47,49-50H2,1-2H3,(H,54,57)/b24-22-,32-30+,40-38+,48-46+. The van der Waals surface area contributed by atoms with Gasteiger partial charge in [-0.1, -0.05) is 236 Å². The number of rotatable bonds is 46. The molecule has 0 aromatic carbocycles. The number of nitrogens with one attached hydrogen (secondary N) is 1. The molecule has 0 heterocycles. The van der Waals surface area contributed by atoms with Gasteiger partial charge in [0.1, 0.15) is 0 Å². The fourth-order valence-corrected chi connectivity index (χ4v) is 7.62. The predicted octanol–water partition coefficient (Wildman–Crippen LogP) is 16.3. The third-order valence-electron chi connectivity index (χ3n) is 11.5. The van der Waals surface area contributed by atoms with Crippen LogP contribution < -0.4 is 5.32 Å². The van der Waals surface area contributed by atoms with Crippen molar-refractivity contribution in [3.8, 4) is 0 Å². The van der Waals surface area contributed by atoms with Crippen molar-refractivity contribution in [1.29, 1.82) is 0 Å². The monoisotopic (exact) mass is 798 g/mol. The minimum atomic E-state index is -0.872. The van der Waals surface area contributed by atoms with Gasteiger partial charge in [0.05, 0.1) is 18.8 Å². The van der Waals surface area contributed by atoms with Crippen molar-refractivity contribution < 1.29 is 15.0 Å². The van der Waals surface area contributed by atoms with E-state index in [1.807, 2.05) is 6.08 Å². The molecule has 0 aromatic heterocycles. The number of aliphatic hydroxyl groups excluding tert-OH is 2. The summed E-state index contributed by atoms with van der Waals surface area (Å²) in [5.74, 6) is -0.0788. The molecule has 0 fully saturated rings. The first kappa shape index (κ1) is 55.4. The van der Waals surface area contributed by atoms with E-state index < -0.39 is 12.1 Å². The van der Waals surface area contributed by atoms with Crippen molar-refractivity contribution in [3.63, 3.8) is 0 Å². The number of allylic oxidation sites excluding steroid dienone is 7. The molecule has 0 saturated heterocycles. The van der Waals surface area contributed by atoms with Crippen molar-refractivity contribution in [2.24, 2.45) is 0 Å². The fourth-order valence-electron chi connectivity index (χ4n) is 7.62. The summed E-state index contributed by atoms with van der Waals surface area (Å²) in [5, 5.41) is 23.1. The van der Waals surface area contributed by atoms with Crippen molar-refractivity contribution in [2.45, 2.75) is 276 Å². The van der Waals surface area contributed by atoms with E-state index in [0.29, 0.717) is 6.42 Å². The molecule has 0 bridgehead atoms. The lowest BCUT2D eigenvalue weighted by molar-refractivity contribution is -0.123. The summed E-state index contributed by atoms with van der Waals surface area (Å²) in [6.07, 6.45) is 66.8. The molecule has 4 nitrogen and oxygen atoms in total. The van der Waals surface area contributed by atoms with Crippen LogP contribution in [-0.2, 0) is 4.79 Å². The van der Waals surface area contributed by atoms with E-state index in [4.69, 9.17) is 0 Å². The van der Waals surface area contributed by atoms with Crippen LogP contribution in [0.1, 0.15) is 264 Å². The van der Waals surface area contributed by atoms with E-state index in [-0.39, 0.29) is 12.5 Å². The Labute approximate surface area is 356 Å². The minimum Gasteiger partial charge on any atom is -0.394 e. The van der Waals surface area contributed by atoms with Gasteiger partial charge in [-0.15, -0.1) is 0 Å². The van der Waals surface area contributed by atoms with Crippen LogP contribution in [0.15, 0.2) is 48.6 Å². The lowest BCUT2D eigenvalue weighted by Gasteiger charge is -2.19. The average molecular weight is 798 g/mol.